The number of aryl methyl sites for hydroxylation is 1. The topological polar surface area (TPSA) is 50.9 Å². The second-order valence-electron chi connectivity index (χ2n) is 19.7. The van der Waals surface area contributed by atoms with Gasteiger partial charge in [-0.15, -0.1) is 23.8 Å². The van der Waals surface area contributed by atoms with E-state index in [9.17, 15) is 5.11 Å². The van der Waals surface area contributed by atoms with Gasteiger partial charge >= 0.3 is 0 Å². The summed E-state index contributed by atoms with van der Waals surface area (Å²) in [7, 11) is 0. The van der Waals surface area contributed by atoms with Crippen LogP contribution in [0, 0.1) is 12.9 Å². The average Bonchev–Trinajstić information content (AvgIpc) is 3.78. The summed E-state index contributed by atoms with van der Waals surface area (Å²) in [5.41, 5.74) is 16.3. The number of nitrogens with zero attached hydrogens (tertiary/aromatic N) is 3. The standard InChI is InChI=1S/C65H58N3O.Pt/c1-41(2)49-37-55(42(3)4)63(69)58(38-49)64-67-62-54(51-34-50(45-21-14-10-15-22-45)35-52(36-51)59-39-48(31-32-66-59)44-19-12-9-13-20-44)25-18-26-60(62)68(64)61-33-43(5)56(40-57(61)46-23-16-11-17-24-46)47-27-29-53(30-28-47)65(6,7)8;/h9-35,37-42,69H,1-8H3;/q-1;/i5D3;. The smallest absolute Gasteiger partial charge is 0.148 e. The number of hydrogen-bond donors (Lipinski definition) is 1. The Kier molecular flexibility index (Phi) is 12.4. The van der Waals surface area contributed by atoms with Crippen LogP contribution in [0.1, 0.15) is 86.7 Å². The molecule has 0 fully saturated rings. The Hall–Kier alpha value is -7.13. The molecule has 0 unspecified atom stereocenters. The van der Waals surface area contributed by atoms with Crippen molar-refractivity contribution in [2.45, 2.75) is 72.6 Å². The molecule has 2 heterocycles. The Balaban J connectivity index is 0.00000656. The van der Waals surface area contributed by atoms with Crippen molar-refractivity contribution in [3.05, 3.63) is 217 Å². The van der Waals surface area contributed by atoms with Crippen LogP contribution in [0.4, 0.5) is 0 Å². The minimum atomic E-state index is -2.50. The molecule has 5 heteroatoms. The van der Waals surface area contributed by atoms with E-state index in [1.54, 1.807) is 0 Å². The summed E-state index contributed by atoms with van der Waals surface area (Å²) in [5, 5.41) is 12.5. The maximum absolute atomic E-state index is 12.5. The molecule has 10 rings (SSSR count). The number of aromatic nitrogens is 3. The number of phenols is 1. The van der Waals surface area contributed by atoms with Crippen molar-refractivity contribution in [2.75, 3.05) is 0 Å². The van der Waals surface area contributed by atoms with E-state index < -0.39 is 6.85 Å². The predicted molar refractivity (Wildman–Crippen MR) is 289 cm³/mol. The van der Waals surface area contributed by atoms with Crippen LogP contribution >= 0.6 is 0 Å². The fraction of sp³-hybridized carbons (Fsp3) is 0.169. The number of benzene rings is 8. The van der Waals surface area contributed by atoms with Gasteiger partial charge in [0.15, 0.2) is 0 Å². The number of rotatable bonds is 10. The Morgan fingerprint density at radius 3 is 1.81 bits per heavy atom. The summed E-state index contributed by atoms with van der Waals surface area (Å²) in [4.78, 5) is 10.5. The van der Waals surface area contributed by atoms with Gasteiger partial charge < -0.3 is 5.11 Å². The fourth-order valence-corrected chi connectivity index (χ4v) is 9.41. The number of hydrogen-bond acceptors (Lipinski definition) is 3. The molecule has 350 valence electrons. The number of aromatic hydroxyl groups is 1. The summed E-state index contributed by atoms with van der Waals surface area (Å²) >= 11 is 0. The number of para-hydroxylation sites is 1. The first-order valence-corrected chi connectivity index (χ1v) is 23.9. The van der Waals surface area contributed by atoms with Crippen molar-refractivity contribution in [2.24, 2.45) is 0 Å². The van der Waals surface area contributed by atoms with Gasteiger partial charge in [-0.05, 0) is 110 Å². The molecule has 2 aromatic heterocycles. The molecule has 0 amide bonds. The summed E-state index contributed by atoms with van der Waals surface area (Å²) in [6, 6.07) is 65.4. The van der Waals surface area contributed by atoms with Gasteiger partial charge in [0.05, 0.1) is 22.3 Å². The van der Waals surface area contributed by atoms with Crippen molar-refractivity contribution < 1.29 is 30.3 Å². The van der Waals surface area contributed by atoms with E-state index in [0.717, 1.165) is 83.5 Å². The van der Waals surface area contributed by atoms with Crippen LogP contribution in [0.15, 0.2) is 188 Å². The second kappa shape index (κ2) is 19.7. The normalized spacial score (nSPS) is 12.4. The number of phenolic OH excluding ortho intramolecular Hbond substituents is 1. The van der Waals surface area contributed by atoms with E-state index >= 15 is 0 Å². The molecule has 8 aromatic carbocycles. The van der Waals surface area contributed by atoms with Gasteiger partial charge in [-0.1, -0.05) is 205 Å². The second-order valence-corrected chi connectivity index (χ2v) is 19.7. The molecule has 0 spiro atoms. The van der Waals surface area contributed by atoms with Crippen molar-refractivity contribution in [3.8, 4) is 89.7 Å². The zero-order chi connectivity index (χ0) is 50.5. The van der Waals surface area contributed by atoms with Gasteiger partial charge in [-0.3, -0.25) is 9.55 Å². The molecule has 0 atom stereocenters. The molecule has 0 radical (unpaired) electrons. The Morgan fingerprint density at radius 1 is 0.557 bits per heavy atom. The summed E-state index contributed by atoms with van der Waals surface area (Å²) < 4.78 is 29.4. The van der Waals surface area contributed by atoms with Crippen LogP contribution in [0.2, 0.25) is 0 Å². The molecule has 0 aliphatic heterocycles. The quantitative estimate of drug-likeness (QED) is 0.139. The molecule has 0 saturated heterocycles. The first kappa shape index (κ1) is 44.1. The van der Waals surface area contributed by atoms with Gasteiger partial charge in [0.1, 0.15) is 11.6 Å². The molecular weight excluding hydrogens is 1030 g/mol. The average molecular weight is 1100 g/mol. The van der Waals surface area contributed by atoms with Gasteiger partial charge in [0.2, 0.25) is 0 Å². The molecule has 4 nitrogen and oxygen atoms in total. The summed E-state index contributed by atoms with van der Waals surface area (Å²) in [6.45, 7) is 12.5. The van der Waals surface area contributed by atoms with Gasteiger partial charge in [-0.2, -0.15) is 0 Å². The van der Waals surface area contributed by atoms with E-state index in [1.165, 1.54) is 0 Å². The number of fused-ring (bicyclic) bond motifs is 1. The number of pyridine rings is 1. The molecule has 0 aliphatic carbocycles. The fourth-order valence-electron chi connectivity index (χ4n) is 9.41. The minimum absolute atomic E-state index is 0. The van der Waals surface area contributed by atoms with Crippen molar-refractivity contribution in [3.63, 3.8) is 0 Å². The summed E-state index contributed by atoms with van der Waals surface area (Å²) in [5.74, 6) is 0.783. The van der Waals surface area contributed by atoms with Gasteiger partial charge in [0, 0.05) is 42.6 Å². The van der Waals surface area contributed by atoms with Crippen LogP contribution in [0.3, 0.4) is 0 Å². The Labute approximate surface area is 432 Å². The minimum Gasteiger partial charge on any atom is -0.507 e. The molecule has 1 N–H and O–H groups in total. The Bertz CT molecular complexity index is 3600. The van der Waals surface area contributed by atoms with Crippen LogP contribution in [-0.2, 0) is 26.5 Å². The summed E-state index contributed by atoms with van der Waals surface area (Å²) in [6.07, 6.45) is 1.85. The van der Waals surface area contributed by atoms with Crippen molar-refractivity contribution in [1.82, 2.24) is 14.5 Å². The first-order valence-electron chi connectivity index (χ1n) is 25.4. The van der Waals surface area contributed by atoms with Crippen LogP contribution in [0.25, 0.3) is 95.0 Å². The predicted octanol–water partition coefficient (Wildman–Crippen LogP) is 17.4. The third-order valence-corrected chi connectivity index (χ3v) is 13.3. The zero-order valence-corrected chi connectivity index (χ0v) is 42.9. The van der Waals surface area contributed by atoms with E-state index in [1.807, 2.05) is 109 Å². The maximum Gasteiger partial charge on any atom is 0.148 e. The van der Waals surface area contributed by atoms with Crippen LogP contribution < -0.4 is 0 Å². The van der Waals surface area contributed by atoms with E-state index in [0.29, 0.717) is 28.2 Å². The van der Waals surface area contributed by atoms with Gasteiger partial charge in [-0.25, -0.2) is 4.98 Å². The maximum atomic E-state index is 12.5. The van der Waals surface area contributed by atoms with E-state index in [4.69, 9.17) is 14.1 Å². The molecule has 0 aliphatic rings. The van der Waals surface area contributed by atoms with E-state index in [-0.39, 0.29) is 49.6 Å². The molecule has 70 heavy (non-hydrogen) atoms. The van der Waals surface area contributed by atoms with Gasteiger partial charge in [0.25, 0.3) is 0 Å². The van der Waals surface area contributed by atoms with Crippen molar-refractivity contribution in [1.29, 1.82) is 0 Å². The van der Waals surface area contributed by atoms with Crippen LogP contribution in [-0.4, -0.2) is 19.6 Å². The third kappa shape index (κ3) is 9.34. The molecule has 10 aromatic rings. The largest absolute Gasteiger partial charge is 0.507 e. The van der Waals surface area contributed by atoms with Crippen LogP contribution in [0.5, 0.6) is 5.75 Å². The zero-order valence-electron chi connectivity index (χ0n) is 43.7. The van der Waals surface area contributed by atoms with Crippen molar-refractivity contribution >= 4 is 11.0 Å². The third-order valence-electron chi connectivity index (χ3n) is 13.3. The number of imidazole rings is 1. The Morgan fingerprint density at radius 2 is 1.19 bits per heavy atom. The van der Waals surface area contributed by atoms with E-state index in [2.05, 4.69) is 138 Å². The molecular formula is C65H58N3OPt-. The molecule has 0 saturated carbocycles. The monoisotopic (exact) mass is 1090 g/mol. The molecule has 0 bridgehead atoms. The first-order chi connectivity index (χ1) is 34.5. The SMILES string of the molecule is [2H]C([2H])([2H])c1cc(-n2c(-c3cc(C(C)C)cc(C(C)C)c3O)nc3c(-c4[c-]c(-c5cc(-c6ccccc6)ccn5)cc(-c5ccccc5)c4)cccc32)c(-c2ccccc2)cc1-c1ccc(C(C)(C)C)cc1.[Pt].